The quantitative estimate of drug-likeness (QED) is 0.645. The van der Waals surface area contributed by atoms with E-state index < -0.39 is 0 Å². The molecule has 1 saturated heterocycles. The van der Waals surface area contributed by atoms with Crippen LogP contribution < -0.4 is 14.2 Å². The van der Waals surface area contributed by atoms with E-state index in [1.807, 2.05) is 12.1 Å². The van der Waals surface area contributed by atoms with Crippen molar-refractivity contribution in [3.8, 4) is 28.8 Å². The van der Waals surface area contributed by atoms with Gasteiger partial charge in [-0.2, -0.15) is 0 Å². The zero-order valence-electron chi connectivity index (χ0n) is 16.1. The number of benzene rings is 1. The first-order valence-electron chi connectivity index (χ1n) is 9.59. The Bertz CT molecular complexity index is 977. The highest BCUT2D eigenvalue weighted by Gasteiger charge is 2.29. The Kier molecular flexibility index (Phi) is 4.73. The van der Waals surface area contributed by atoms with Crippen LogP contribution in [0.4, 0.5) is 0 Å². The van der Waals surface area contributed by atoms with E-state index in [2.05, 4.69) is 25.1 Å². The third-order valence-electron chi connectivity index (χ3n) is 5.14. The van der Waals surface area contributed by atoms with Gasteiger partial charge < -0.3 is 18.6 Å². The summed E-state index contributed by atoms with van der Waals surface area (Å²) in [5, 5.41) is 8.36. The van der Waals surface area contributed by atoms with Gasteiger partial charge >= 0.3 is 0 Å². The van der Waals surface area contributed by atoms with Gasteiger partial charge in [-0.3, -0.25) is 9.88 Å². The van der Waals surface area contributed by atoms with Gasteiger partial charge in [0.1, 0.15) is 18.9 Å². The van der Waals surface area contributed by atoms with Gasteiger partial charge in [-0.05, 0) is 30.7 Å². The first kappa shape index (κ1) is 17.9. The molecule has 0 bridgehead atoms. The Morgan fingerprint density at radius 3 is 2.97 bits per heavy atom. The Labute approximate surface area is 167 Å². The zero-order valence-corrected chi connectivity index (χ0v) is 16.1. The molecule has 0 aliphatic carbocycles. The number of fused-ring (bicyclic) bond motifs is 1. The molecule has 9 heteroatoms. The molecular weight excluding hydrogens is 374 g/mol. The summed E-state index contributed by atoms with van der Waals surface area (Å²) in [6, 6.07) is 4.04. The van der Waals surface area contributed by atoms with Crippen LogP contribution in [0.1, 0.15) is 23.8 Å². The van der Waals surface area contributed by atoms with Crippen LogP contribution in [0.25, 0.3) is 11.6 Å². The van der Waals surface area contributed by atoms with Crippen molar-refractivity contribution in [2.45, 2.75) is 18.9 Å². The zero-order chi connectivity index (χ0) is 19.6. The number of methoxy groups -OCH3 is 1. The second-order valence-corrected chi connectivity index (χ2v) is 7.08. The molecule has 150 valence electrons. The minimum Gasteiger partial charge on any atom is -0.493 e. The lowest BCUT2D eigenvalue weighted by atomic mass is 10.1. The van der Waals surface area contributed by atoms with Crippen LogP contribution in [0.3, 0.4) is 0 Å². The van der Waals surface area contributed by atoms with Crippen molar-refractivity contribution < 1.29 is 18.6 Å². The van der Waals surface area contributed by atoms with E-state index in [-0.39, 0.29) is 5.92 Å². The number of rotatable bonds is 5. The summed E-state index contributed by atoms with van der Waals surface area (Å²) in [6.07, 6.45) is 5.80. The molecule has 0 radical (unpaired) electrons. The van der Waals surface area contributed by atoms with Crippen LogP contribution in [-0.2, 0) is 6.54 Å². The van der Waals surface area contributed by atoms with Crippen molar-refractivity contribution in [2.24, 2.45) is 0 Å². The van der Waals surface area contributed by atoms with Crippen LogP contribution in [0.15, 0.2) is 35.1 Å². The highest BCUT2D eigenvalue weighted by atomic mass is 16.6. The van der Waals surface area contributed by atoms with E-state index >= 15 is 0 Å². The SMILES string of the molecule is COc1cc(CN2CC[C@H](c3nnc(-c4cnccn4)o3)C2)cc2c1OCCO2. The molecule has 0 N–H and O–H groups in total. The molecular formula is C20H21N5O4. The van der Waals surface area contributed by atoms with Crippen molar-refractivity contribution >= 4 is 0 Å². The minimum atomic E-state index is 0.201. The first-order chi connectivity index (χ1) is 14.3. The van der Waals surface area contributed by atoms with Gasteiger partial charge in [-0.15, -0.1) is 10.2 Å². The molecule has 2 aliphatic rings. The average molecular weight is 395 g/mol. The van der Waals surface area contributed by atoms with Crippen LogP contribution in [-0.4, -0.2) is 58.5 Å². The number of nitrogens with zero attached hydrogens (tertiary/aromatic N) is 5. The van der Waals surface area contributed by atoms with Gasteiger partial charge in [0.2, 0.25) is 11.6 Å². The molecule has 2 aliphatic heterocycles. The molecule has 4 heterocycles. The van der Waals surface area contributed by atoms with Crippen molar-refractivity contribution in [2.75, 3.05) is 33.4 Å². The second-order valence-electron chi connectivity index (χ2n) is 7.08. The number of hydrogen-bond acceptors (Lipinski definition) is 9. The van der Waals surface area contributed by atoms with Crippen molar-refractivity contribution in [3.63, 3.8) is 0 Å². The van der Waals surface area contributed by atoms with Gasteiger partial charge in [0.15, 0.2) is 11.5 Å². The van der Waals surface area contributed by atoms with Crippen LogP contribution in [0.5, 0.6) is 17.2 Å². The molecule has 2 aromatic heterocycles. The molecule has 0 amide bonds. The molecule has 29 heavy (non-hydrogen) atoms. The molecule has 0 saturated carbocycles. The Balaban J connectivity index is 1.28. The van der Waals surface area contributed by atoms with E-state index in [1.165, 1.54) is 0 Å². The predicted molar refractivity (Wildman–Crippen MR) is 102 cm³/mol. The number of hydrogen-bond donors (Lipinski definition) is 0. The number of likely N-dealkylation sites (tertiary alicyclic amines) is 1. The Hall–Kier alpha value is -3.20. The van der Waals surface area contributed by atoms with E-state index in [0.717, 1.165) is 37.4 Å². The average Bonchev–Trinajstić information content (AvgIpc) is 3.43. The summed E-state index contributed by atoms with van der Waals surface area (Å²) in [4.78, 5) is 10.6. The summed E-state index contributed by atoms with van der Waals surface area (Å²) in [5.74, 6) is 3.39. The molecule has 3 aromatic rings. The van der Waals surface area contributed by atoms with E-state index in [1.54, 1.807) is 25.7 Å². The lowest BCUT2D eigenvalue weighted by Crippen LogP contribution is -2.21. The molecule has 0 unspecified atom stereocenters. The van der Waals surface area contributed by atoms with E-state index in [9.17, 15) is 0 Å². The van der Waals surface area contributed by atoms with E-state index in [0.29, 0.717) is 42.2 Å². The number of ether oxygens (including phenoxy) is 3. The Morgan fingerprint density at radius 1 is 1.17 bits per heavy atom. The first-order valence-corrected chi connectivity index (χ1v) is 9.59. The molecule has 9 nitrogen and oxygen atoms in total. The highest BCUT2D eigenvalue weighted by molar-refractivity contribution is 5.54. The summed E-state index contributed by atoms with van der Waals surface area (Å²) in [5.41, 5.74) is 1.71. The molecule has 1 fully saturated rings. The number of aromatic nitrogens is 4. The second kappa shape index (κ2) is 7.67. The van der Waals surface area contributed by atoms with Crippen LogP contribution >= 0.6 is 0 Å². The topological polar surface area (TPSA) is 95.6 Å². The monoisotopic (exact) mass is 395 g/mol. The van der Waals surface area contributed by atoms with Gasteiger partial charge in [0.05, 0.1) is 19.2 Å². The van der Waals surface area contributed by atoms with Crippen molar-refractivity contribution in [1.82, 2.24) is 25.1 Å². The fourth-order valence-electron chi connectivity index (χ4n) is 3.77. The van der Waals surface area contributed by atoms with Gasteiger partial charge in [-0.25, -0.2) is 4.98 Å². The van der Waals surface area contributed by atoms with Gasteiger partial charge in [-0.1, -0.05) is 0 Å². The van der Waals surface area contributed by atoms with E-state index in [4.69, 9.17) is 18.6 Å². The molecule has 1 atom stereocenters. The van der Waals surface area contributed by atoms with Crippen LogP contribution in [0.2, 0.25) is 0 Å². The third kappa shape index (κ3) is 3.61. The van der Waals surface area contributed by atoms with Crippen molar-refractivity contribution in [3.05, 3.63) is 42.2 Å². The highest BCUT2D eigenvalue weighted by Crippen LogP contribution is 2.41. The maximum Gasteiger partial charge on any atom is 0.267 e. The maximum absolute atomic E-state index is 5.86. The summed E-state index contributed by atoms with van der Waals surface area (Å²) >= 11 is 0. The molecule has 5 rings (SSSR count). The van der Waals surface area contributed by atoms with Gasteiger partial charge in [0.25, 0.3) is 5.89 Å². The smallest absolute Gasteiger partial charge is 0.267 e. The third-order valence-corrected chi connectivity index (χ3v) is 5.14. The largest absolute Gasteiger partial charge is 0.493 e. The maximum atomic E-state index is 5.86. The summed E-state index contributed by atoms with van der Waals surface area (Å²) < 4.78 is 22.8. The lowest BCUT2D eigenvalue weighted by Gasteiger charge is -2.23. The predicted octanol–water partition coefficient (Wildman–Crippen LogP) is 2.30. The molecule has 1 aromatic carbocycles. The lowest BCUT2D eigenvalue weighted by molar-refractivity contribution is 0.164. The van der Waals surface area contributed by atoms with Crippen LogP contribution in [0, 0.1) is 0 Å². The fraction of sp³-hybridized carbons (Fsp3) is 0.400. The Morgan fingerprint density at radius 2 is 2.10 bits per heavy atom. The minimum absolute atomic E-state index is 0.201. The summed E-state index contributed by atoms with van der Waals surface area (Å²) in [6.45, 7) is 3.67. The standard InChI is InChI=1S/C20H21N5O4/c1-26-16-8-13(9-17-18(16)28-7-6-27-17)11-25-5-2-14(12-25)19-23-24-20(29-19)15-10-21-3-4-22-15/h3-4,8-10,14H,2,5-7,11-12H2,1H3/t14-/m0/s1. The normalized spacial score (nSPS) is 18.7. The molecule has 0 spiro atoms. The fourth-order valence-corrected chi connectivity index (χ4v) is 3.77. The van der Waals surface area contributed by atoms with Crippen molar-refractivity contribution in [1.29, 1.82) is 0 Å². The van der Waals surface area contributed by atoms with Gasteiger partial charge in [0, 0.05) is 25.5 Å². The summed E-state index contributed by atoms with van der Waals surface area (Å²) in [7, 11) is 1.65.